The van der Waals surface area contributed by atoms with Gasteiger partial charge >= 0.3 is 10.6 Å². The maximum absolute atomic E-state index is 10.6. The van der Waals surface area contributed by atoms with Crippen molar-refractivity contribution in [3.8, 4) is 0 Å². The lowest BCUT2D eigenvalue weighted by atomic mass is 10.4. The summed E-state index contributed by atoms with van der Waals surface area (Å²) in [4.78, 5) is 21.2. The molecule has 1 saturated heterocycles. The normalized spacial score (nSPS) is 24.4. The Morgan fingerprint density at radius 1 is 1.00 bits per heavy atom. The molecule has 0 spiro atoms. The minimum atomic E-state index is -2.36. The molecule has 4 nitrogen and oxygen atoms in total. The molecule has 0 amide bonds. The highest BCUT2D eigenvalue weighted by molar-refractivity contribution is 8.55. The van der Waals surface area contributed by atoms with Gasteiger partial charge in [-0.05, 0) is 34.4 Å². The van der Waals surface area contributed by atoms with E-state index in [0.29, 0.717) is 11.5 Å². The van der Waals surface area contributed by atoms with E-state index in [4.69, 9.17) is 10.2 Å². The Bertz CT molecular complexity index is 179. The number of rotatable bonds is 0. The zero-order valence-electron chi connectivity index (χ0n) is 5.95. The molecule has 0 saturated carbocycles. The first kappa shape index (κ1) is 8.39. The summed E-state index contributed by atoms with van der Waals surface area (Å²) >= 11 is 0. The van der Waals surface area contributed by atoms with Gasteiger partial charge in [-0.2, -0.15) is 0 Å². The van der Waals surface area contributed by atoms with Gasteiger partial charge in [-0.25, -0.2) is 9.59 Å². The van der Waals surface area contributed by atoms with Gasteiger partial charge in [0, 0.05) is 0 Å². The first-order valence-corrected chi connectivity index (χ1v) is 5.31. The van der Waals surface area contributed by atoms with Gasteiger partial charge in [0.25, 0.3) is 0 Å². The first-order chi connectivity index (χ1) is 5.09. The fraction of sp³-hybridized carbons (Fsp3) is 0.667. The molecule has 11 heavy (non-hydrogen) atoms. The average molecular weight is 178 g/mol. The molecule has 0 aromatic rings. The van der Waals surface area contributed by atoms with Crippen molar-refractivity contribution >= 4 is 20.6 Å². The number of hydrogen-bond donors (Lipinski definition) is 2. The summed E-state index contributed by atoms with van der Waals surface area (Å²) < 4.78 is 0. The van der Waals surface area contributed by atoms with Crippen LogP contribution in [0.1, 0.15) is 12.8 Å². The quantitative estimate of drug-likeness (QED) is 0.594. The smallest absolute Gasteiger partial charge is 0.356 e. The van der Waals surface area contributed by atoms with Gasteiger partial charge in [-0.1, -0.05) is 0 Å². The van der Waals surface area contributed by atoms with Gasteiger partial charge < -0.3 is 10.2 Å². The Labute approximate surface area is 65.5 Å². The molecule has 0 radical (unpaired) electrons. The van der Waals surface area contributed by atoms with Crippen LogP contribution in [0.2, 0.25) is 0 Å². The van der Waals surface area contributed by atoms with Gasteiger partial charge in [0.15, 0.2) is 0 Å². The predicted octanol–water partition coefficient (Wildman–Crippen LogP) is 1.94. The molecule has 1 aliphatic heterocycles. The summed E-state index contributed by atoms with van der Waals surface area (Å²) in [5.41, 5.74) is 0. The predicted molar refractivity (Wildman–Crippen MR) is 42.6 cm³/mol. The molecule has 1 heterocycles. The molecular formula is C6H10O4S. The molecule has 0 aliphatic carbocycles. The lowest BCUT2D eigenvalue weighted by Crippen LogP contribution is -2.19. The Balaban J connectivity index is 2.87. The highest BCUT2D eigenvalue weighted by atomic mass is 32.3. The topological polar surface area (TPSA) is 74.6 Å². The van der Waals surface area contributed by atoms with Gasteiger partial charge in [0.2, 0.25) is 0 Å². The summed E-state index contributed by atoms with van der Waals surface area (Å²) in [5.74, 6) is 0.718. The molecule has 5 heteroatoms. The molecule has 0 aromatic heterocycles. The van der Waals surface area contributed by atoms with Crippen LogP contribution >= 0.6 is 10.0 Å². The Morgan fingerprint density at radius 3 is 1.55 bits per heavy atom. The van der Waals surface area contributed by atoms with Crippen molar-refractivity contribution in [2.75, 3.05) is 11.5 Å². The van der Waals surface area contributed by atoms with Crippen molar-refractivity contribution in [2.24, 2.45) is 0 Å². The van der Waals surface area contributed by atoms with Crippen LogP contribution in [0.25, 0.3) is 0 Å². The highest BCUT2D eigenvalue weighted by Gasteiger charge is 2.42. The zero-order valence-corrected chi connectivity index (χ0v) is 6.76. The van der Waals surface area contributed by atoms with Crippen molar-refractivity contribution in [1.29, 1.82) is 0 Å². The van der Waals surface area contributed by atoms with Crippen molar-refractivity contribution in [3.05, 3.63) is 0 Å². The first-order valence-electron chi connectivity index (χ1n) is 3.34. The third-order valence-electron chi connectivity index (χ3n) is 1.90. The SMILES string of the molecule is O=C(O)S1(C(=O)O)CCCC1. The maximum atomic E-state index is 10.6. The molecule has 0 aromatic carbocycles. The maximum Gasteiger partial charge on any atom is 0.356 e. The molecule has 0 unspecified atom stereocenters. The molecule has 2 N–H and O–H groups in total. The molecule has 1 fully saturated rings. The van der Waals surface area contributed by atoms with Crippen LogP contribution in [0.5, 0.6) is 0 Å². The standard InChI is InChI=1S/C6H10O4S/c7-5(8)11(6(9)10)3-1-2-4-11/h1-4H2,(H,7,8)(H,9,10). The zero-order chi connectivity index (χ0) is 8.48. The molecule has 1 aliphatic rings. The van der Waals surface area contributed by atoms with E-state index in [1.165, 1.54) is 0 Å². The van der Waals surface area contributed by atoms with Crippen LogP contribution in [0, 0.1) is 0 Å². The summed E-state index contributed by atoms with van der Waals surface area (Å²) in [6.45, 7) is 0. The lowest BCUT2D eigenvalue weighted by molar-refractivity contribution is 0.215. The second-order valence-electron chi connectivity index (χ2n) is 2.53. The van der Waals surface area contributed by atoms with Crippen LogP contribution in [-0.4, -0.2) is 32.3 Å². The van der Waals surface area contributed by atoms with Crippen molar-refractivity contribution in [3.63, 3.8) is 0 Å². The average Bonchev–Trinajstić information content (AvgIpc) is 2.34. The summed E-state index contributed by atoms with van der Waals surface area (Å²) in [6.07, 6.45) is 1.49. The van der Waals surface area contributed by atoms with Crippen LogP contribution in [0.15, 0.2) is 0 Å². The van der Waals surface area contributed by atoms with Gasteiger partial charge in [0.1, 0.15) is 0 Å². The van der Waals surface area contributed by atoms with Crippen molar-refractivity contribution in [2.45, 2.75) is 12.8 Å². The number of hydrogen-bond acceptors (Lipinski definition) is 2. The highest BCUT2D eigenvalue weighted by Crippen LogP contribution is 2.54. The fourth-order valence-electron chi connectivity index (χ4n) is 1.22. The summed E-state index contributed by atoms with van der Waals surface area (Å²) in [5, 5.41) is 15.2. The third-order valence-corrected chi connectivity index (χ3v) is 5.21. The molecule has 0 bridgehead atoms. The second kappa shape index (κ2) is 2.73. The summed E-state index contributed by atoms with van der Waals surface area (Å²) in [6, 6.07) is 0. The number of carbonyl (C=O) groups is 2. The van der Waals surface area contributed by atoms with E-state index in [2.05, 4.69) is 0 Å². The van der Waals surface area contributed by atoms with E-state index < -0.39 is 20.6 Å². The second-order valence-corrected chi connectivity index (χ2v) is 5.81. The van der Waals surface area contributed by atoms with Crippen LogP contribution in [0.3, 0.4) is 0 Å². The van der Waals surface area contributed by atoms with E-state index in [1.807, 2.05) is 0 Å². The van der Waals surface area contributed by atoms with Crippen molar-refractivity contribution < 1.29 is 19.8 Å². The Kier molecular flexibility index (Phi) is 2.08. The molecule has 64 valence electrons. The number of carboxylic acid groups (broad SMARTS) is 2. The Morgan fingerprint density at radius 2 is 1.36 bits per heavy atom. The van der Waals surface area contributed by atoms with Crippen LogP contribution < -0.4 is 0 Å². The molecule has 0 atom stereocenters. The van der Waals surface area contributed by atoms with E-state index in [-0.39, 0.29) is 0 Å². The lowest BCUT2D eigenvalue weighted by Gasteiger charge is -2.23. The van der Waals surface area contributed by atoms with E-state index in [1.54, 1.807) is 0 Å². The fourth-order valence-corrected chi connectivity index (χ4v) is 3.67. The molecule has 1 rings (SSSR count). The molecular weight excluding hydrogens is 168 g/mol. The minimum Gasteiger partial charge on any atom is -0.474 e. The van der Waals surface area contributed by atoms with Crippen molar-refractivity contribution in [1.82, 2.24) is 0 Å². The Hall–Kier alpha value is -0.710. The third kappa shape index (κ3) is 1.20. The van der Waals surface area contributed by atoms with Crippen LogP contribution in [-0.2, 0) is 0 Å². The monoisotopic (exact) mass is 178 g/mol. The minimum absolute atomic E-state index is 0.359. The van der Waals surface area contributed by atoms with Gasteiger partial charge in [-0.15, -0.1) is 0 Å². The van der Waals surface area contributed by atoms with E-state index >= 15 is 0 Å². The summed E-state index contributed by atoms with van der Waals surface area (Å²) in [7, 11) is -2.36. The van der Waals surface area contributed by atoms with E-state index in [0.717, 1.165) is 12.8 Å². The van der Waals surface area contributed by atoms with E-state index in [9.17, 15) is 9.59 Å². The largest absolute Gasteiger partial charge is 0.474 e. The van der Waals surface area contributed by atoms with Gasteiger partial charge in [-0.3, -0.25) is 0 Å². The van der Waals surface area contributed by atoms with Gasteiger partial charge in [0.05, 0.1) is 0 Å². The van der Waals surface area contributed by atoms with Crippen LogP contribution in [0.4, 0.5) is 9.59 Å².